The lowest BCUT2D eigenvalue weighted by Crippen LogP contribution is -2.13. The van der Waals surface area contributed by atoms with Crippen LogP contribution in [0.2, 0.25) is 5.02 Å². The number of anilines is 1. The minimum absolute atomic E-state index is 0.0973. The van der Waals surface area contributed by atoms with E-state index in [-0.39, 0.29) is 9.92 Å². The van der Waals surface area contributed by atoms with E-state index >= 15 is 0 Å². The summed E-state index contributed by atoms with van der Waals surface area (Å²) in [6, 6.07) is 9.95. The number of hydrogen-bond donors (Lipinski definition) is 1. The molecule has 0 saturated carbocycles. The minimum atomic E-state index is -3.69. The summed E-state index contributed by atoms with van der Waals surface area (Å²) in [5.74, 6) is 0.467. The molecule has 118 valence electrons. The molecule has 22 heavy (non-hydrogen) atoms. The first-order chi connectivity index (χ1) is 10.3. The van der Waals surface area contributed by atoms with Gasteiger partial charge in [-0.1, -0.05) is 17.7 Å². The summed E-state index contributed by atoms with van der Waals surface area (Å²) in [7, 11) is -3.69. The quantitative estimate of drug-likeness (QED) is 0.890. The second-order valence-corrected chi connectivity index (χ2v) is 7.10. The summed E-state index contributed by atoms with van der Waals surface area (Å²) in [6.45, 7) is 6.13. The fraction of sp³-hybridized carbons (Fsp3) is 0.250. The smallest absolute Gasteiger partial charge is 0.261 e. The summed E-state index contributed by atoms with van der Waals surface area (Å²) in [4.78, 5) is 0.0973. The van der Waals surface area contributed by atoms with E-state index in [2.05, 4.69) is 4.72 Å². The van der Waals surface area contributed by atoms with Crippen LogP contribution >= 0.6 is 11.6 Å². The zero-order valence-electron chi connectivity index (χ0n) is 12.7. The van der Waals surface area contributed by atoms with Crippen LogP contribution in [0.25, 0.3) is 0 Å². The highest BCUT2D eigenvalue weighted by atomic mass is 35.5. The van der Waals surface area contributed by atoms with Crippen LogP contribution in [-0.4, -0.2) is 15.0 Å². The molecule has 0 aliphatic carbocycles. The van der Waals surface area contributed by atoms with Crippen LogP contribution in [0.5, 0.6) is 5.75 Å². The summed E-state index contributed by atoms with van der Waals surface area (Å²) in [6.07, 6.45) is 0. The average molecular weight is 340 g/mol. The van der Waals surface area contributed by atoms with Crippen LogP contribution in [-0.2, 0) is 10.0 Å². The second-order valence-electron chi connectivity index (χ2n) is 5.01. The predicted octanol–water partition coefficient (Wildman–Crippen LogP) is 4.16. The zero-order valence-corrected chi connectivity index (χ0v) is 14.3. The molecule has 0 saturated heterocycles. The SMILES string of the molecule is CCOc1ccc(S(=O)(=O)Nc2cc(C)cc(C)c2)cc1Cl. The van der Waals surface area contributed by atoms with E-state index in [4.69, 9.17) is 16.3 Å². The van der Waals surface area contributed by atoms with Crippen LogP contribution < -0.4 is 9.46 Å². The molecule has 4 nitrogen and oxygen atoms in total. The van der Waals surface area contributed by atoms with Crippen LogP contribution in [0.3, 0.4) is 0 Å². The van der Waals surface area contributed by atoms with Gasteiger partial charge >= 0.3 is 0 Å². The van der Waals surface area contributed by atoms with E-state index in [0.29, 0.717) is 18.0 Å². The van der Waals surface area contributed by atoms with Crippen molar-refractivity contribution >= 4 is 27.3 Å². The van der Waals surface area contributed by atoms with Gasteiger partial charge < -0.3 is 4.74 Å². The molecule has 2 aromatic carbocycles. The largest absolute Gasteiger partial charge is 0.492 e. The maximum absolute atomic E-state index is 12.4. The van der Waals surface area contributed by atoms with E-state index in [1.54, 1.807) is 18.2 Å². The van der Waals surface area contributed by atoms with Gasteiger partial charge in [0.25, 0.3) is 10.0 Å². The number of sulfonamides is 1. The van der Waals surface area contributed by atoms with E-state index < -0.39 is 10.0 Å². The molecule has 0 radical (unpaired) electrons. The first kappa shape index (κ1) is 16.6. The number of rotatable bonds is 5. The highest BCUT2D eigenvalue weighted by molar-refractivity contribution is 7.92. The number of benzene rings is 2. The van der Waals surface area contributed by atoms with E-state index in [1.165, 1.54) is 12.1 Å². The molecule has 0 aliphatic heterocycles. The lowest BCUT2D eigenvalue weighted by atomic mass is 10.1. The minimum Gasteiger partial charge on any atom is -0.492 e. The Morgan fingerprint density at radius 1 is 1.09 bits per heavy atom. The number of hydrogen-bond acceptors (Lipinski definition) is 3. The lowest BCUT2D eigenvalue weighted by Gasteiger charge is -2.11. The average Bonchev–Trinajstić information content (AvgIpc) is 2.39. The van der Waals surface area contributed by atoms with Gasteiger partial charge in [0.2, 0.25) is 0 Å². The molecule has 0 amide bonds. The molecule has 0 spiro atoms. The topological polar surface area (TPSA) is 55.4 Å². The predicted molar refractivity (Wildman–Crippen MR) is 89.3 cm³/mol. The summed E-state index contributed by atoms with van der Waals surface area (Å²) < 4.78 is 32.7. The number of ether oxygens (including phenoxy) is 1. The maximum atomic E-state index is 12.4. The molecule has 0 unspecified atom stereocenters. The second kappa shape index (κ2) is 6.58. The number of nitrogens with one attached hydrogen (secondary N) is 1. The molecular formula is C16H18ClNO3S. The van der Waals surface area contributed by atoms with Crippen molar-refractivity contribution in [1.29, 1.82) is 0 Å². The zero-order chi connectivity index (χ0) is 16.3. The Kier molecular flexibility index (Phi) is 4.98. The van der Waals surface area contributed by atoms with Crippen molar-refractivity contribution in [2.45, 2.75) is 25.7 Å². The summed E-state index contributed by atoms with van der Waals surface area (Å²) in [5, 5.41) is 0.269. The van der Waals surface area contributed by atoms with Crippen molar-refractivity contribution in [2.75, 3.05) is 11.3 Å². The van der Waals surface area contributed by atoms with E-state index in [1.807, 2.05) is 26.8 Å². The van der Waals surface area contributed by atoms with Gasteiger partial charge in [0, 0.05) is 5.69 Å². The molecule has 0 aliphatic rings. The third-order valence-electron chi connectivity index (χ3n) is 2.99. The third kappa shape index (κ3) is 3.93. The summed E-state index contributed by atoms with van der Waals surface area (Å²) >= 11 is 6.05. The first-order valence-electron chi connectivity index (χ1n) is 6.85. The van der Waals surface area contributed by atoms with Gasteiger partial charge in [0.05, 0.1) is 16.5 Å². The van der Waals surface area contributed by atoms with Crippen LogP contribution in [0, 0.1) is 13.8 Å². The van der Waals surface area contributed by atoms with Crippen LogP contribution in [0.15, 0.2) is 41.3 Å². The molecule has 1 N–H and O–H groups in total. The van der Waals surface area contributed by atoms with Crippen molar-refractivity contribution in [3.05, 3.63) is 52.5 Å². The lowest BCUT2D eigenvalue weighted by molar-refractivity contribution is 0.340. The molecule has 0 heterocycles. The fourth-order valence-corrected chi connectivity index (χ4v) is 3.53. The Balaban J connectivity index is 2.32. The van der Waals surface area contributed by atoms with Crippen molar-refractivity contribution in [3.63, 3.8) is 0 Å². The van der Waals surface area contributed by atoms with Gasteiger partial charge in [-0.25, -0.2) is 8.42 Å². The molecule has 2 rings (SSSR count). The van der Waals surface area contributed by atoms with E-state index in [9.17, 15) is 8.42 Å². The normalized spacial score (nSPS) is 11.3. The Hall–Kier alpha value is -1.72. The van der Waals surface area contributed by atoms with Crippen molar-refractivity contribution in [1.82, 2.24) is 0 Å². The molecule has 6 heteroatoms. The fourth-order valence-electron chi connectivity index (χ4n) is 2.17. The molecule has 0 aromatic heterocycles. The van der Waals surface area contributed by atoms with E-state index in [0.717, 1.165) is 11.1 Å². The third-order valence-corrected chi connectivity index (χ3v) is 4.66. The molecule has 0 fully saturated rings. The Morgan fingerprint density at radius 3 is 2.27 bits per heavy atom. The summed E-state index contributed by atoms with van der Waals surface area (Å²) in [5.41, 5.74) is 2.51. The van der Waals surface area contributed by atoms with Crippen molar-refractivity contribution in [2.24, 2.45) is 0 Å². The van der Waals surface area contributed by atoms with Gasteiger partial charge in [0.1, 0.15) is 5.75 Å². The molecular weight excluding hydrogens is 322 g/mol. The molecule has 0 bridgehead atoms. The highest BCUT2D eigenvalue weighted by Crippen LogP contribution is 2.28. The van der Waals surface area contributed by atoms with Crippen LogP contribution in [0.1, 0.15) is 18.1 Å². The number of aryl methyl sites for hydroxylation is 2. The highest BCUT2D eigenvalue weighted by Gasteiger charge is 2.16. The van der Waals surface area contributed by atoms with Gasteiger partial charge in [-0.2, -0.15) is 0 Å². The molecule has 0 atom stereocenters. The Labute approximate surface area is 136 Å². The van der Waals surface area contributed by atoms with Crippen molar-refractivity contribution in [3.8, 4) is 5.75 Å². The van der Waals surface area contributed by atoms with Gasteiger partial charge in [-0.3, -0.25) is 4.72 Å². The maximum Gasteiger partial charge on any atom is 0.261 e. The number of halogens is 1. The standard InChI is InChI=1S/C16H18ClNO3S/c1-4-21-16-6-5-14(10-15(16)17)22(19,20)18-13-8-11(2)7-12(3)9-13/h5-10,18H,4H2,1-3H3. The monoisotopic (exact) mass is 339 g/mol. The van der Waals surface area contributed by atoms with Gasteiger partial charge in [0.15, 0.2) is 0 Å². The van der Waals surface area contributed by atoms with Crippen LogP contribution in [0.4, 0.5) is 5.69 Å². The molecule has 2 aromatic rings. The Morgan fingerprint density at radius 2 is 1.73 bits per heavy atom. The van der Waals surface area contributed by atoms with Gasteiger partial charge in [-0.05, 0) is 62.2 Å². The Bertz CT molecular complexity index is 768. The van der Waals surface area contributed by atoms with Gasteiger partial charge in [-0.15, -0.1) is 0 Å². The van der Waals surface area contributed by atoms with Crippen molar-refractivity contribution < 1.29 is 13.2 Å². The first-order valence-corrected chi connectivity index (χ1v) is 8.71.